The molecule has 4 aromatic carbocycles. The quantitative estimate of drug-likeness (QED) is 0.117. The Hall–Kier alpha value is -7.27. The first-order valence-electron chi connectivity index (χ1n) is 28.3. The first kappa shape index (κ1) is 28.5. The number of hydrogen-bond acceptors (Lipinski definition) is 13. The molecule has 2 saturated heterocycles. The minimum absolute atomic E-state index is 0. The summed E-state index contributed by atoms with van der Waals surface area (Å²) in [6.07, 6.45) is 3.60. The smallest absolute Gasteiger partial charge is 0.335 e. The number of carboxylic acid groups (broad SMARTS) is 1. The van der Waals surface area contributed by atoms with Crippen LogP contribution in [0, 0.1) is 22.7 Å². The highest BCUT2D eigenvalue weighted by Gasteiger charge is 2.14. The number of carbonyl (C=O) groups excluding carboxylic acids is 1. The number of morpholine rings is 2. The van der Waals surface area contributed by atoms with Crippen LogP contribution in [0.5, 0.6) is 0 Å². The number of carbonyl (C=O) groups is 2. The molecule has 0 aliphatic carbocycles. The lowest BCUT2D eigenvalue weighted by Gasteiger charge is -2.28. The number of rotatable bonds is 11. The molecule has 6 aromatic rings. The van der Waals surface area contributed by atoms with Crippen LogP contribution in [0.15, 0.2) is 122 Å². The molecule has 65 heavy (non-hydrogen) atoms. The fourth-order valence-corrected chi connectivity index (χ4v) is 5.55. The Labute approximate surface area is 414 Å². The van der Waals surface area contributed by atoms with Gasteiger partial charge in [-0.05, 0) is 71.8 Å². The van der Waals surface area contributed by atoms with E-state index in [9.17, 15) is 9.59 Å². The van der Waals surface area contributed by atoms with Gasteiger partial charge in [0.2, 0.25) is 0 Å². The fourth-order valence-electron chi connectivity index (χ4n) is 5.55. The summed E-state index contributed by atoms with van der Waals surface area (Å²) in [4.78, 5) is 41.6. The molecular weight excluding hydrogens is 844 g/mol. The molecule has 2 fully saturated rings. The largest absolute Gasteiger partial charge is 0.478 e. The molecule has 2 aromatic heterocycles. The molecule has 2 aliphatic rings. The van der Waals surface area contributed by atoms with Crippen LogP contribution >= 0.6 is 12.4 Å². The van der Waals surface area contributed by atoms with Gasteiger partial charge in [0, 0.05) is 79.3 Å². The number of nitrogens with two attached hydrogens (primary N) is 1. The maximum Gasteiger partial charge on any atom is 0.335 e. The zero-order valence-corrected chi connectivity index (χ0v) is 33.9. The predicted octanol–water partition coefficient (Wildman–Crippen LogP) is 6.62. The molecule has 0 unspecified atom stereocenters. The normalized spacial score (nSPS) is 24.0. The van der Waals surface area contributed by atoms with E-state index in [1.807, 2.05) is 5.32 Å². The molecule has 2 aliphatic heterocycles. The lowest BCUT2D eigenvalue weighted by molar-refractivity contribution is 0.0696. The Kier molecular flexibility index (Phi) is 11.6. The molecule has 4 heterocycles. The highest BCUT2D eigenvalue weighted by molar-refractivity contribution is 5.94. The second-order valence-electron chi connectivity index (χ2n) is 12.5. The summed E-state index contributed by atoms with van der Waals surface area (Å²) < 4.78 is 165. The molecule has 15 nitrogen and oxygen atoms in total. The molecule has 0 atom stereocenters. The number of nitrogens with zero attached hydrogens (tertiary/aromatic N) is 8. The number of ether oxygens (including phenoxy) is 2. The van der Waals surface area contributed by atoms with Crippen molar-refractivity contribution in [1.82, 2.24) is 25.3 Å². The average molecular weight is 918 g/mol. The van der Waals surface area contributed by atoms with Crippen molar-refractivity contribution in [2.75, 3.05) is 75.0 Å². The average Bonchev–Trinajstić information content (AvgIpc) is 0.753. The molecular formula is C49H53ClN10O5. The number of carboxylic acids is 1. The summed E-state index contributed by atoms with van der Waals surface area (Å²) >= 11 is 0. The number of halogens is 1. The maximum absolute atomic E-state index is 12.2. The molecule has 8 rings (SSSR count). The molecule has 0 radical (unpaired) electrons. The van der Waals surface area contributed by atoms with E-state index >= 15 is 0 Å². The number of aromatic carboxylic acids is 1. The van der Waals surface area contributed by atoms with Crippen LogP contribution in [-0.2, 0) is 22.3 Å². The van der Waals surface area contributed by atoms with Crippen LogP contribution < -0.4 is 20.9 Å². The van der Waals surface area contributed by atoms with Crippen molar-refractivity contribution >= 4 is 35.7 Å². The highest BCUT2D eigenvalue weighted by atomic mass is 35.5. The summed E-state index contributed by atoms with van der Waals surface area (Å²) in [5, 5.41) is 27.4. The minimum atomic E-state index is -3.15. The van der Waals surface area contributed by atoms with Crippen LogP contribution in [0.3, 0.4) is 0 Å². The Morgan fingerprint density at radius 1 is 0.677 bits per heavy atom. The van der Waals surface area contributed by atoms with Crippen molar-refractivity contribution in [3.8, 4) is 34.7 Å². The van der Waals surface area contributed by atoms with Gasteiger partial charge in [0.15, 0.2) is 0 Å². The van der Waals surface area contributed by atoms with Crippen molar-refractivity contribution in [2.45, 2.75) is 20.3 Å². The van der Waals surface area contributed by atoms with E-state index in [1.54, 1.807) is 66.9 Å². The van der Waals surface area contributed by atoms with Crippen LogP contribution in [0.1, 0.15) is 78.3 Å². The molecule has 0 spiro atoms. The summed E-state index contributed by atoms with van der Waals surface area (Å²) in [5.41, 5.74) is 8.47. The van der Waals surface area contributed by atoms with Crippen LogP contribution in [0.4, 0.5) is 11.4 Å². The first-order chi connectivity index (χ1) is 38.1. The van der Waals surface area contributed by atoms with Crippen LogP contribution in [0.2, 0.25) is 0 Å². The number of hydrogen-bond donors (Lipinski definition) is 3. The van der Waals surface area contributed by atoms with Gasteiger partial charge in [-0.3, -0.25) is 4.79 Å². The van der Waals surface area contributed by atoms with Crippen molar-refractivity contribution < 1.29 is 51.6 Å². The third-order valence-corrected chi connectivity index (χ3v) is 8.53. The Morgan fingerprint density at radius 2 is 1.08 bits per heavy atom. The van der Waals surface area contributed by atoms with E-state index in [4.69, 9.17) is 43.0 Å². The van der Waals surface area contributed by atoms with E-state index in [0.29, 0.717) is 55.1 Å². The number of nitrogens with one attached hydrogen (secondary N) is 1. The van der Waals surface area contributed by atoms with Crippen molar-refractivity contribution in [3.05, 3.63) is 155 Å². The zero-order chi connectivity index (χ0) is 62.2. The van der Waals surface area contributed by atoms with Gasteiger partial charge in [-0.1, -0.05) is 56.0 Å². The third kappa shape index (κ3) is 15.2. The number of benzene rings is 4. The van der Waals surface area contributed by atoms with E-state index in [1.165, 1.54) is 66.9 Å². The van der Waals surface area contributed by atoms with Crippen LogP contribution in [-0.4, -0.2) is 102 Å². The molecule has 4 N–H and O–H groups in total. The van der Waals surface area contributed by atoms with E-state index < -0.39 is 77.1 Å². The van der Waals surface area contributed by atoms with Gasteiger partial charge >= 0.3 is 5.97 Å². The summed E-state index contributed by atoms with van der Waals surface area (Å²) in [6, 6.07) is 30.0. The van der Waals surface area contributed by atoms with Gasteiger partial charge < -0.3 is 35.4 Å². The van der Waals surface area contributed by atoms with Crippen LogP contribution in [0.25, 0.3) is 22.5 Å². The fraction of sp³-hybridized carbons (Fsp3) is 0.265. The van der Waals surface area contributed by atoms with Gasteiger partial charge in [0.25, 0.3) is 5.91 Å². The lowest BCUT2D eigenvalue weighted by Crippen LogP contribution is -2.36. The second-order valence-corrected chi connectivity index (χ2v) is 12.5. The minimum Gasteiger partial charge on any atom is -0.478 e. The second kappa shape index (κ2) is 26.4. The van der Waals surface area contributed by atoms with Gasteiger partial charge in [-0.15, -0.1) is 12.4 Å². The predicted molar refractivity (Wildman–Crippen MR) is 253 cm³/mol. The van der Waals surface area contributed by atoms with Crippen molar-refractivity contribution in [2.24, 2.45) is 5.73 Å². The standard InChI is InChI=1S/C24H23N5O2.C22H21N3O3.C2H4N2.CH4.ClH/c25-10-12-27-24(30)20-5-3-19(4-6-20)22-9-11-26-23(28-22)17-18-1-7-21(8-2-18)29-13-15-31-16-14-29;26-22(27)18-5-3-17(4-6-18)20-9-10-23-21(24-20)15-16-1-7-19(8-2-16)25-11-13-28-14-12-25;3-1-2-4;;/h1-9,11H,12-17H2,(H,27,30);1-10H,11-15H2,(H,26,27);1,3H2;1H4;1H/i12D2,13D2,14D2,15D2,16D2;11D2,12D2,13D2,14D2;1D2;;. The molecule has 1 amide bonds. The van der Waals surface area contributed by atoms with Gasteiger partial charge in [-0.25, -0.2) is 24.7 Å². The van der Waals surface area contributed by atoms with E-state index in [-0.39, 0.29) is 55.2 Å². The van der Waals surface area contributed by atoms with Gasteiger partial charge in [0.1, 0.15) is 18.1 Å². The number of anilines is 2. The SMILES string of the molecule is C.Cl.[2H]C([2H])(C#N)NC(=O)c1ccc(-c2ccnc(Cc3ccc(N4C([2H])([2H])C([2H])([2H])OC([2H])([2H])C4([2H])[2H])cc3)n2)cc1.[2H]C([2H])(N)C#N.[2H]C1([2H])OC([2H])([2H])C([2H])([2H])N(c2ccc(Cc3nccc(-c4ccc(C(=O)O)cc4)n3)cc2)C1([2H])[2H]. The third-order valence-electron chi connectivity index (χ3n) is 8.53. The molecule has 0 bridgehead atoms. The van der Waals surface area contributed by atoms with Gasteiger partial charge in [-0.2, -0.15) is 10.5 Å². The van der Waals surface area contributed by atoms with E-state index in [2.05, 4.69) is 35.1 Å². The van der Waals surface area contributed by atoms with Crippen molar-refractivity contribution in [3.63, 3.8) is 0 Å². The molecule has 336 valence electrons. The first-order valence-corrected chi connectivity index (χ1v) is 18.3. The number of aromatic nitrogens is 4. The molecule has 0 saturated carbocycles. The highest BCUT2D eigenvalue weighted by Crippen LogP contribution is 2.22. The summed E-state index contributed by atoms with van der Waals surface area (Å²) in [6.45, 7) is -29.3. The molecule has 16 heteroatoms. The Morgan fingerprint density at radius 3 is 1.45 bits per heavy atom. The lowest BCUT2D eigenvalue weighted by atomic mass is 10.1. The Bertz CT molecular complexity index is 3370. The van der Waals surface area contributed by atoms with E-state index in [0.717, 1.165) is 0 Å². The summed E-state index contributed by atoms with van der Waals surface area (Å²) in [7, 11) is 0. The Balaban J connectivity index is 0.000000327. The number of amides is 1. The zero-order valence-electron chi connectivity index (χ0n) is 53.1. The topological polar surface area (TPSA) is 216 Å². The monoisotopic (exact) mass is 917 g/mol. The van der Waals surface area contributed by atoms with Crippen molar-refractivity contribution in [1.29, 1.82) is 10.5 Å². The number of nitriles is 2. The van der Waals surface area contributed by atoms with Gasteiger partial charge in [0.05, 0.1) is 89.2 Å². The maximum atomic E-state index is 12.2. The summed E-state index contributed by atoms with van der Waals surface area (Å²) in [5.74, 6) is -0.921.